The van der Waals surface area contributed by atoms with E-state index in [2.05, 4.69) is 20.1 Å². The second kappa shape index (κ2) is 8.38. The highest BCUT2D eigenvalue weighted by molar-refractivity contribution is 8.00. The zero-order valence-corrected chi connectivity index (χ0v) is 18.0. The summed E-state index contributed by atoms with van der Waals surface area (Å²) >= 11 is 3.04. The maximum atomic E-state index is 13.2. The van der Waals surface area contributed by atoms with Crippen LogP contribution in [0.4, 0.5) is 0 Å². The highest BCUT2D eigenvalue weighted by Crippen LogP contribution is 2.27. The molecule has 0 aliphatic heterocycles. The Kier molecular flexibility index (Phi) is 5.68. The van der Waals surface area contributed by atoms with Gasteiger partial charge in [-0.3, -0.25) is 4.79 Å². The number of aromatic nitrogens is 5. The van der Waals surface area contributed by atoms with Crippen LogP contribution in [0, 0.1) is 13.8 Å². The molecule has 4 heterocycles. The van der Waals surface area contributed by atoms with Crippen LogP contribution in [0.2, 0.25) is 0 Å². The number of tetrazole rings is 1. The number of thiophene rings is 1. The largest absolute Gasteiger partial charge is 0.467 e. The highest BCUT2D eigenvalue weighted by atomic mass is 32.2. The minimum absolute atomic E-state index is 0.0690. The average Bonchev–Trinajstić information content (AvgIpc) is 3.49. The van der Waals surface area contributed by atoms with Crippen LogP contribution in [0.3, 0.4) is 0 Å². The van der Waals surface area contributed by atoms with Crippen molar-refractivity contribution >= 4 is 28.9 Å². The summed E-state index contributed by atoms with van der Waals surface area (Å²) in [5.74, 6) is 0.931. The van der Waals surface area contributed by atoms with Crippen molar-refractivity contribution in [1.82, 2.24) is 24.8 Å². The van der Waals surface area contributed by atoms with Gasteiger partial charge < -0.3 is 8.98 Å². The van der Waals surface area contributed by atoms with Gasteiger partial charge in [0.2, 0.25) is 5.16 Å². The predicted molar refractivity (Wildman–Crippen MR) is 113 cm³/mol. The van der Waals surface area contributed by atoms with E-state index in [1.54, 1.807) is 22.3 Å². The molecule has 4 aromatic rings. The van der Waals surface area contributed by atoms with Crippen molar-refractivity contribution in [2.75, 3.05) is 0 Å². The SMILES string of the molecule is Cc1cc(C(=O)[C@@H](C)Sc2nnnn2Cc2cccs2)c(C)n1Cc1ccco1. The summed E-state index contributed by atoms with van der Waals surface area (Å²) in [5.41, 5.74) is 2.70. The van der Waals surface area contributed by atoms with Crippen LogP contribution in [0.25, 0.3) is 0 Å². The maximum absolute atomic E-state index is 13.2. The van der Waals surface area contributed by atoms with Crippen molar-refractivity contribution in [3.8, 4) is 0 Å². The lowest BCUT2D eigenvalue weighted by Gasteiger charge is -2.11. The van der Waals surface area contributed by atoms with Gasteiger partial charge in [0.1, 0.15) is 5.76 Å². The minimum Gasteiger partial charge on any atom is -0.467 e. The first kappa shape index (κ1) is 19.7. The number of carbonyl (C=O) groups is 1. The Morgan fingerprint density at radius 2 is 2.14 bits per heavy atom. The normalized spacial score (nSPS) is 12.4. The molecule has 0 N–H and O–H groups in total. The summed E-state index contributed by atoms with van der Waals surface area (Å²) in [6.07, 6.45) is 1.66. The number of nitrogens with zero attached hydrogens (tertiary/aromatic N) is 5. The van der Waals surface area contributed by atoms with Gasteiger partial charge in [-0.05, 0) is 60.8 Å². The van der Waals surface area contributed by atoms with Crippen molar-refractivity contribution in [1.29, 1.82) is 0 Å². The summed E-state index contributed by atoms with van der Waals surface area (Å²) in [6.45, 7) is 7.09. The van der Waals surface area contributed by atoms with Gasteiger partial charge in [0.05, 0.1) is 24.6 Å². The van der Waals surface area contributed by atoms with Gasteiger partial charge in [0.15, 0.2) is 5.78 Å². The number of Topliss-reactive ketones (excluding diaryl/α,β-unsaturated/α-hetero) is 1. The Bertz CT molecular complexity index is 1100. The van der Waals surface area contributed by atoms with Crippen LogP contribution in [0.5, 0.6) is 0 Å². The summed E-state index contributed by atoms with van der Waals surface area (Å²) in [4.78, 5) is 14.3. The molecule has 4 rings (SSSR count). The third kappa shape index (κ3) is 4.20. The molecule has 0 bridgehead atoms. The maximum Gasteiger partial charge on any atom is 0.210 e. The number of rotatable bonds is 8. The third-order valence-corrected chi connectivity index (χ3v) is 6.70. The van der Waals surface area contributed by atoms with Crippen molar-refractivity contribution in [2.24, 2.45) is 0 Å². The monoisotopic (exact) mass is 427 g/mol. The smallest absolute Gasteiger partial charge is 0.210 e. The lowest BCUT2D eigenvalue weighted by atomic mass is 10.1. The molecule has 7 nitrogen and oxygen atoms in total. The van der Waals surface area contributed by atoms with Gasteiger partial charge in [-0.15, -0.1) is 16.4 Å². The van der Waals surface area contributed by atoms with E-state index in [1.165, 1.54) is 16.6 Å². The van der Waals surface area contributed by atoms with Crippen LogP contribution in [0.1, 0.15) is 39.3 Å². The number of aryl methyl sites for hydroxylation is 1. The van der Waals surface area contributed by atoms with Crippen LogP contribution in [-0.4, -0.2) is 35.8 Å². The van der Waals surface area contributed by atoms with Gasteiger partial charge in [0.25, 0.3) is 0 Å². The third-order valence-electron chi connectivity index (χ3n) is 4.77. The zero-order chi connectivity index (χ0) is 20.4. The number of thioether (sulfide) groups is 1. The Morgan fingerprint density at radius 3 is 2.86 bits per heavy atom. The van der Waals surface area contributed by atoms with E-state index in [1.807, 2.05) is 56.5 Å². The molecule has 0 spiro atoms. The lowest BCUT2D eigenvalue weighted by Crippen LogP contribution is -2.16. The molecule has 150 valence electrons. The van der Waals surface area contributed by atoms with Crippen molar-refractivity contribution < 1.29 is 9.21 Å². The Morgan fingerprint density at radius 1 is 1.28 bits per heavy atom. The van der Waals surface area contributed by atoms with Crippen molar-refractivity contribution in [3.63, 3.8) is 0 Å². The first-order valence-corrected chi connectivity index (χ1v) is 11.0. The van der Waals surface area contributed by atoms with E-state index in [-0.39, 0.29) is 11.0 Å². The first-order chi connectivity index (χ1) is 14.0. The van der Waals surface area contributed by atoms with E-state index >= 15 is 0 Å². The fourth-order valence-corrected chi connectivity index (χ4v) is 4.76. The Hall–Kier alpha value is -2.65. The van der Waals surface area contributed by atoms with E-state index in [0.717, 1.165) is 22.7 Å². The molecule has 0 unspecified atom stereocenters. The minimum atomic E-state index is -0.305. The Labute approximate surface area is 176 Å². The van der Waals surface area contributed by atoms with Crippen molar-refractivity contribution in [3.05, 3.63) is 69.6 Å². The Balaban J connectivity index is 1.50. The van der Waals surface area contributed by atoms with Gasteiger partial charge in [-0.2, -0.15) is 0 Å². The van der Waals surface area contributed by atoms with Crippen molar-refractivity contribution in [2.45, 2.75) is 44.3 Å². The summed E-state index contributed by atoms with van der Waals surface area (Å²) in [5, 5.41) is 14.3. The van der Waals surface area contributed by atoms with Gasteiger partial charge in [-0.25, -0.2) is 4.68 Å². The molecule has 0 fully saturated rings. The molecule has 0 aliphatic carbocycles. The molecule has 0 saturated heterocycles. The van der Waals surface area contributed by atoms with Gasteiger partial charge in [-0.1, -0.05) is 17.8 Å². The number of hydrogen-bond acceptors (Lipinski definition) is 7. The zero-order valence-electron chi connectivity index (χ0n) is 16.4. The molecular weight excluding hydrogens is 406 g/mol. The molecule has 1 atom stereocenters. The molecule has 0 radical (unpaired) electrons. The average molecular weight is 428 g/mol. The summed E-state index contributed by atoms with van der Waals surface area (Å²) < 4.78 is 9.30. The molecule has 29 heavy (non-hydrogen) atoms. The van der Waals surface area contributed by atoms with E-state index in [4.69, 9.17) is 4.42 Å². The number of ketones is 1. The quantitative estimate of drug-likeness (QED) is 0.310. The second-order valence-corrected chi connectivity index (χ2v) is 9.11. The summed E-state index contributed by atoms with van der Waals surface area (Å²) in [7, 11) is 0. The predicted octanol–water partition coefficient (Wildman–Crippen LogP) is 4.21. The first-order valence-electron chi connectivity index (χ1n) is 9.21. The fraction of sp³-hybridized carbons (Fsp3) is 0.300. The molecule has 0 saturated carbocycles. The van der Waals surface area contributed by atoms with Crippen LogP contribution < -0.4 is 0 Å². The van der Waals surface area contributed by atoms with Crippen LogP contribution >= 0.6 is 23.1 Å². The standard InChI is InChI=1S/C20H21N5O2S2/c1-13-10-18(14(2)24(13)11-16-6-4-8-27-16)19(26)15(3)29-20-21-22-23-25(20)12-17-7-5-9-28-17/h4-10,15H,11-12H2,1-3H3/t15-/m1/s1. The number of furan rings is 1. The van der Waals surface area contributed by atoms with Gasteiger partial charge >= 0.3 is 0 Å². The molecule has 0 amide bonds. The van der Waals surface area contributed by atoms with Crippen LogP contribution in [-0.2, 0) is 13.1 Å². The molecule has 4 aromatic heterocycles. The second-order valence-electron chi connectivity index (χ2n) is 6.77. The van der Waals surface area contributed by atoms with E-state index < -0.39 is 0 Å². The lowest BCUT2D eigenvalue weighted by molar-refractivity contribution is 0.0993. The molecule has 0 aromatic carbocycles. The topological polar surface area (TPSA) is 78.7 Å². The van der Waals surface area contributed by atoms with Crippen LogP contribution in [0.15, 0.2) is 51.5 Å². The number of carbonyl (C=O) groups excluding carboxylic acids is 1. The molecule has 0 aliphatic rings. The molecular formula is C20H21N5O2S2. The number of hydrogen-bond donors (Lipinski definition) is 0. The molecule has 9 heteroatoms. The van der Waals surface area contributed by atoms with E-state index in [0.29, 0.717) is 18.2 Å². The fourth-order valence-electron chi connectivity index (χ4n) is 3.21. The highest BCUT2D eigenvalue weighted by Gasteiger charge is 2.24. The van der Waals surface area contributed by atoms with E-state index in [9.17, 15) is 4.79 Å². The van der Waals surface area contributed by atoms with Gasteiger partial charge in [0, 0.05) is 21.8 Å². The summed E-state index contributed by atoms with van der Waals surface area (Å²) in [6, 6.07) is 9.80.